The maximum absolute atomic E-state index is 14.3. The fraction of sp³-hybridized carbons (Fsp3) is 0.316. The number of hydrogen-bond donors (Lipinski definition) is 2. The van der Waals surface area contributed by atoms with Crippen molar-refractivity contribution in [2.24, 2.45) is 0 Å². The van der Waals surface area contributed by atoms with E-state index in [9.17, 15) is 14.3 Å². The predicted octanol–water partition coefficient (Wildman–Crippen LogP) is 5.73. The average Bonchev–Trinajstić information content (AvgIpc) is 3.47. The summed E-state index contributed by atoms with van der Waals surface area (Å²) >= 11 is 0. The molecule has 0 bridgehead atoms. The zero-order chi connectivity index (χ0) is 34.2. The number of carbonyl (C=O) groups is 1. The second-order valence-corrected chi connectivity index (χ2v) is 12.2. The second kappa shape index (κ2) is 15.7. The Morgan fingerprint density at radius 2 is 1.88 bits per heavy atom. The minimum Gasteiger partial charge on any atom is -0.508 e. The second-order valence-electron chi connectivity index (χ2n) is 12.2. The summed E-state index contributed by atoms with van der Waals surface area (Å²) in [5.41, 5.74) is 4.93. The van der Waals surface area contributed by atoms with Gasteiger partial charge in [-0.1, -0.05) is 24.3 Å². The van der Waals surface area contributed by atoms with E-state index in [4.69, 9.17) is 24.7 Å². The Labute approximate surface area is 284 Å². The lowest BCUT2D eigenvalue weighted by Gasteiger charge is -2.31. The van der Waals surface area contributed by atoms with Crippen LogP contribution in [0.15, 0.2) is 78.9 Å². The number of halogens is 1. The summed E-state index contributed by atoms with van der Waals surface area (Å²) < 4.78 is 27.7. The van der Waals surface area contributed by atoms with E-state index >= 15 is 0 Å². The third-order valence-electron chi connectivity index (χ3n) is 8.92. The zero-order valence-corrected chi connectivity index (χ0v) is 27.4. The summed E-state index contributed by atoms with van der Waals surface area (Å²) in [7, 11) is 1.68. The molecule has 0 aliphatic carbocycles. The first-order valence-corrected chi connectivity index (χ1v) is 16.4. The largest absolute Gasteiger partial charge is 0.508 e. The number of amides is 1. The zero-order valence-electron chi connectivity index (χ0n) is 27.4. The van der Waals surface area contributed by atoms with Crippen molar-refractivity contribution in [3.05, 3.63) is 118 Å². The molecular weight excluding hydrogens is 623 g/mol. The molecule has 0 unspecified atom stereocenters. The molecule has 49 heavy (non-hydrogen) atoms. The number of phenolic OH excluding ortho intramolecular Hbond substituents is 1. The lowest BCUT2D eigenvalue weighted by Crippen LogP contribution is -2.33. The number of ether oxygens (including phenoxy) is 2. The van der Waals surface area contributed by atoms with Crippen LogP contribution >= 0.6 is 0 Å². The third kappa shape index (κ3) is 8.41. The molecule has 252 valence electrons. The molecule has 0 radical (unpaired) electrons. The summed E-state index contributed by atoms with van der Waals surface area (Å²) in [5, 5.41) is 21.4. The van der Waals surface area contributed by atoms with Crippen LogP contribution in [-0.4, -0.2) is 63.8 Å². The number of rotatable bonds is 13. The molecular formula is C38H39FN6O4. The van der Waals surface area contributed by atoms with Gasteiger partial charge in [-0.15, -0.1) is 0 Å². The number of pyridine rings is 1. The van der Waals surface area contributed by atoms with Gasteiger partial charge in [0.15, 0.2) is 0 Å². The number of likely N-dealkylation sites (tertiary alicyclic amines) is 1. The van der Waals surface area contributed by atoms with E-state index in [1.54, 1.807) is 37.4 Å². The van der Waals surface area contributed by atoms with Gasteiger partial charge in [0.1, 0.15) is 24.0 Å². The number of benzene rings is 3. The Hall–Kier alpha value is -5.31. The molecule has 1 aliphatic heterocycles. The van der Waals surface area contributed by atoms with E-state index in [2.05, 4.69) is 14.8 Å². The first kappa shape index (κ1) is 33.6. The molecule has 2 aromatic heterocycles. The fourth-order valence-corrected chi connectivity index (χ4v) is 6.17. The van der Waals surface area contributed by atoms with Crippen molar-refractivity contribution in [2.75, 3.05) is 33.4 Å². The van der Waals surface area contributed by atoms with E-state index in [-0.39, 0.29) is 29.7 Å². The highest BCUT2D eigenvalue weighted by Gasteiger charge is 2.24. The van der Waals surface area contributed by atoms with Crippen LogP contribution in [-0.2, 0) is 30.9 Å². The Kier molecular flexibility index (Phi) is 10.8. The van der Waals surface area contributed by atoms with Crippen molar-refractivity contribution in [3.8, 4) is 17.7 Å². The van der Waals surface area contributed by atoms with Crippen LogP contribution < -0.4 is 10.1 Å². The Bertz CT molecular complexity index is 1950. The van der Waals surface area contributed by atoms with Crippen molar-refractivity contribution in [2.45, 2.75) is 44.9 Å². The summed E-state index contributed by atoms with van der Waals surface area (Å²) in [6, 6.07) is 24.6. The summed E-state index contributed by atoms with van der Waals surface area (Å²) in [4.78, 5) is 25.1. The van der Waals surface area contributed by atoms with E-state index in [0.717, 1.165) is 54.0 Å². The van der Waals surface area contributed by atoms with Gasteiger partial charge in [-0.2, -0.15) is 5.26 Å². The molecule has 1 fully saturated rings. The van der Waals surface area contributed by atoms with E-state index in [1.807, 2.05) is 48.5 Å². The summed E-state index contributed by atoms with van der Waals surface area (Å²) in [6.07, 6.45) is 2.51. The lowest BCUT2D eigenvalue weighted by molar-refractivity contribution is 0.0954. The minimum atomic E-state index is -0.470. The number of imidazole rings is 1. The number of nitriles is 1. The van der Waals surface area contributed by atoms with E-state index in [1.165, 1.54) is 6.07 Å². The fourth-order valence-electron chi connectivity index (χ4n) is 6.17. The van der Waals surface area contributed by atoms with Gasteiger partial charge in [0, 0.05) is 49.0 Å². The molecule has 0 saturated carbocycles. The van der Waals surface area contributed by atoms with Crippen molar-refractivity contribution < 1.29 is 23.8 Å². The molecule has 1 saturated heterocycles. The first-order chi connectivity index (χ1) is 23.9. The predicted molar refractivity (Wildman–Crippen MR) is 183 cm³/mol. The van der Waals surface area contributed by atoms with Gasteiger partial charge in [-0.05, 0) is 86.4 Å². The maximum atomic E-state index is 14.3. The molecule has 11 heteroatoms. The topological polar surface area (TPSA) is 126 Å². The molecule has 2 N–H and O–H groups in total. The summed E-state index contributed by atoms with van der Waals surface area (Å²) in [5.74, 6) is 1.24. The SMILES string of the molecule is COCCn1c(CN2CCC(c3cccc(OCc4ccc(C#N)cc4F)n3)CC2)nc2cc(C(=O)NCCc3ccc(O)cc3)ccc21. The van der Waals surface area contributed by atoms with Gasteiger partial charge < -0.3 is 24.5 Å². The summed E-state index contributed by atoms with van der Waals surface area (Å²) in [6.45, 7) is 4.13. The highest BCUT2D eigenvalue weighted by Crippen LogP contribution is 2.29. The van der Waals surface area contributed by atoms with Gasteiger partial charge in [0.2, 0.25) is 5.88 Å². The monoisotopic (exact) mass is 662 g/mol. The van der Waals surface area contributed by atoms with Crippen LogP contribution in [0.5, 0.6) is 11.6 Å². The number of nitrogens with zero attached hydrogens (tertiary/aromatic N) is 5. The number of fused-ring (bicyclic) bond motifs is 1. The van der Waals surface area contributed by atoms with Crippen LogP contribution in [0.2, 0.25) is 0 Å². The Morgan fingerprint density at radius 3 is 2.63 bits per heavy atom. The quantitative estimate of drug-likeness (QED) is 0.164. The molecule has 5 aromatic rings. The highest BCUT2D eigenvalue weighted by atomic mass is 19.1. The number of hydrogen-bond acceptors (Lipinski definition) is 8. The van der Waals surface area contributed by atoms with Gasteiger partial charge in [-0.3, -0.25) is 9.69 Å². The number of piperidine rings is 1. The number of nitrogens with one attached hydrogen (secondary N) is 1. The van der Waals surface area contributed by atoms with Gasteiger partial charge in [-0.25, -0.2) is 14.4 Å². The number of methoxy groups -OCH3 is 1. The maximum Gasteiger partial charge on any atom is 0.251 e. The first-order valence-electron chi connectivity index (χ1n) is 16.4. The molecule has 3 heterocycles. The molecule has 1 aliphatic rings. The number of aromatic nitrogens is 3. The Morgan fingerprint density at radius 1 is 1.06 bits per heavy atom. The number of aromatic hydroxyl groups is 1. The smallest absolute Gasteiger partial charge is 0.251 e. The molecule has 1 amide bonds. The highest BCUT2D eigenvalue weighted by molar-refractivity contribution is 5.97. The van der Waals surface area contributed by atoms with Crippen molar-refractivity contribution in [1.29, 1.82) is 5.26 Å². The standard InChI is InChI=1S/C38H39FN6O4/c1-48-20-19-45-35-12-9-29(38(47)41-16-13-26-6-10-31(46)11-7-26)22-34(35)42-36(45)24-44-17-14-28(15-18-44)33-3-2-4-37(43-33)49-25-30-8-5-27(23-40)21-32(30)39/h2-12,21-22,28,46H,13-20,24-25H2,1H3,(H,41,47). The van der Waals surface area contributed by atoms with Crippen molar-refractivity contribution in [3.63, 3.8) is 0 Å². The van der Waals surface area contributed by atoms with Gasteiger partial charge in [0.05, 0.1) is 35.8 Å². The van der Waals surface area contributed by atoms with Crippen LogP contribution in [0, 0.1) is 17.1 Å². The molecule has 10 nitrogen and oxygen atoms in total. The van der Waals surface area contributed by atoms with Crippen LogP contribution in [0.1, 0.15) is 57.3 Å². The van der Waals surface area contributed by atoms with Crippen LogP contribution in [0.4, 0.5) is 4.39 Å². The number of phenols is 1. The third-order valence-corrected chi connectivity index (χ3v) is 8.92. The number of carbonyl (C=O) groups excluding carboxylic acids is 1. The van der Waals surface area contributed by atoms with E-state index in [0.29, 0.717) is 49.7 Å². The average molecular weight is 663 g/mol. The van der Waals surface area contributed by atoms with Gasteiger partial charge in [0.25, 0.3) is 5.91 Å². The van der Waals surface area contributed by atoms with Gasteiger partial charge >= 0.3 is 0 Å². The molecule has 0 atom stereocenters. The lowest BCUT2D eigenvalue weighted by atomic mass is 9.93. The van der Waals surface area contributed by atoms with Crippen LogP contribution in [0.25, 0.3) is 11.0 Å². The normalized spacial score (nSPS) is 13.7. The molecule has 6 rings (SSSR count). The van der Waals surface area contributed by atoms with E-state index < -0.39 is 5.82 Å². The minimum absolute atomic E-state index is 0.0314. The van der Waals surface area contributed by atoms with Crippen molar-refractivity contribution in [1.82, 2.24) is 24.8 Å². The van der Waals surface area contributed by atoms with Crippen molar-refractivity contribution >= 4 is 16.9 Å². The molecule has 0 spiro atoms. The Balaban J connectivity index is 1.06. The van der Waals surface area contributed by atoms with Crippen LogP contribution in [0.3, 0.4) is 0 Å². The molecule has 3 aromatic carbocycles.